The Balaban J connectivity index is 0.00000155. The maximum atomic E-state index is 15.5. The number of amides is 4. The van der Waals surface area contributed by atoms with Crippen molar-refractivity contribution in [3.8, 4) is 28.7 Å². The van der Waals surface area contributed by atoms with Gasteiger partial charge in [0.1, 0.15) is 28.6 Å². The number of nitrogens with zero attached hydrogens (tertiary/aromatic N) is 3. The van der Waals surface area contributed by atoms with Gasteiger partial charge in [-0.3, -0.25) is 14.5 Å². The van der Waals surface area contributed by atoms with Crippen LogP contribution in [0.1, 0.15) is 77.9 Å². The van der Waals surface area contributed by atoms with Gasteiger partial charge in [-0.25, -0.2) is 22.8 Å². The lowest BCUT2D eigenvalue weighted by Gasteiger charge is -2.37. The van der Waals surface area contributed by atoms with E-state index in [0.717, 1.165) is 23.0 Å². The molecule has 2 atom stereocenters. The number of likely N-dealkylation sites (tertiary alicyclic amines) is 1. The fourth-order valence-corrected chi connectivity index (χ4v) is 6.73. The first-order valence-electron chi connectivity index (χ1n) is 19.5. The van der Waals surface area contributed by atoms with E-state index >= 15 is 4.39 Å². The maximum Gasteiger partial charge on any atom is 0.549 e. The number of rotatable bonds is 14. The van der Waals surface area contributed by atoms with Gasteiger partial charge < -0.3 is 55.3 Å². The molecule has 2 aliphatic rings. The number of nitrogens with one attached hydrogen (secondary N) is 2. The number of hydrogen-bond acceptors (Lipinski definition) is 12. The van der Waals surface area contributed by atoms with Crippen LogP contribution in [-0.4, -0.2) is 124 Å². The number of hydrogen-bond donors (Lipinski definition) is 7. The molecule has 61 heavy (non-hydrogen) atoms. The van der Waals surface area contributed by atoms with Crippen molar-refractivity contribution < 1.29 is 67.2 Å². The van der Waals surface area contributed by atoms with E-state index in [0.29, 0.717) is 32.0 Å². The summed E-state index contributed by atoms with van der Waals surface area (Å²) in [6.07, 6.45) is 2.51. The molecule has 2 heterocycles. The van der Waals surface area contributed by atoms with E-state index in [-0.39, 0.29) is 71.9 Å². The SMILES string of the molecule is C=C(NC1Cc2ccc(F)c(C(=O)O)c2OB1OC)C(NC(=O)N(C=O)CCN(C)C1CCN(C(=O)c2cc(O)cc(O)c2)CC1)c1cc(F)c(O)c(O)c1F.CCC(C)C. The summed E-state index contributed by atoms with van der Waals surface area (Å²) in [6, 6.07) is 3.49. The third-order valence-corrected chi connectivity index (χ3v) is 10.6. The third-order valence-electron chi connectivity index (χ3n) is 10.6. The van der Waals surface area contributed by atoms with Gasteiger partial charge in [0.05, 0.1) is 12.0 Å². The van der Waals surface area contributed by atoms with Crippen LogP contribution in [0.2, 0.25) is 0 Å². The van der Waals surface area contributed by atoms with E-state index in [9.17, 15) is 53.5 Å². The second-order valence-electron chi connectivity index (χ2n) is 15.1. The molecule has 0 spiro atoms. The molecular weight excluding hydrogens is 806 g/mol. The largest absolute Gasteiger partial charge is 0.549 e. The average molecular weight is 858 g/mol. The number of halogens is 3. The summed E-state index contributed by atoms with van der Waals surface area (Å²) >= 11 is 0. The highest BCUT2D eigenvalue weighted by Crippen LogP contribution is 2.38. The Morgan fingerprint density at radius 3 is 2.20 bits per heavy atom. The van der Waals surface area contributed by atoms with Gasteiger partial charge >= 0.3 is 19.1 Å². The summed E-state index contributed by atoms with van der Waals surface area (Å²) in [5, 5.41) is 54.3. The van der Waals surface area contributed by atoms with Gasteiger partial charge in [-0.1, -0.05) is 39.8 Å². The molecule has 330 valence electrons. The van der Waals surface area contributed by atoms with E-state index in [4.69, 9.17) is 9.31 Å². The Kier molecular flexibility index (Phi) is 16.3. The summed E-state index contributed by atoms with van der Waals surface area (Å²) in [5.74, 6) is -9.67. The smallest absolute Gasteiger partial charge is 0.534 e. The molecule has 0 aliphatic carbocycles. The summed E-state index contributed by atoms with van der Waals surface area (Å²) in [6.45, 7) is 11.2. The molecule has 1 saturated heterocycles. The molecular formula is C41H51BF3N5O11. The third kappa shape index (κ3) is 11.6. The van der Waals surface area contributed by atoms with Gasteiger partial charge in [-0.15, -0.1) is 0 Å². The van der Waals surface area contributed by atoms with Crippen LogP contribution in [0.3, 0.4) is 0 Å². The standard InChI is InChI=1S/C36H39BF3N5O11.C5H12/c1-18(41-27-14-19-4-5-25(38)28(35(52)53)33(19)56-37(27)55-3)30(24-16-26(39)31(49)32(50)29(24)40)42-36(54)45(17-46)11-10-43(2)21-6-8-44(9-7-21)34(51)20-12-22(47)15-23(48)13-20;1-4-5(2)3/h4-5,12-13,15-17,21,27,30,41,47-50H,1,6-11,14H2,2-3H3,(H,42,54)(H,52,53);5H,4H2,1-3H3. The number of aromatic carboxylic acids is 1. The number of phenolic OH excluding ortho intramolecular Hbond substituents is 4. The number of phenols is 4. The number of fused-ring (bicyclic) bond motifs is 1. The van der Waals surface area contributed by atoms with Crippen molar-refractivity contribution in [1.29, 1.82) is 0 Å². The van der Waals surface area contributed by atoms with Gasteiger partial charge in [0, 0.05) is 62.2 Å². The number of carboxylic acids is 1. The van der Waals surface area contributed by atoms with Crippen molar-refractivity contribution in [3.63, 3.8) is 0 Å². The quantitative estimate of drug-likeness (QED) is 0.0652. The number of urea groups is 1. The second-order valence-corrected chi connectivity index (χ2v) is 15.1. The zero-order valence-corrected chi connectivity index (χ0v) is 34.5. The van der Waals surface area contributed by atoms with E-state index in [1.807, 2.05) is 4.90 Å². The minimum Gasteiger partial charge on any atom is -0.534 e. The number of carbonyl (C=O) groups excluding carboxylic acids is 3. The highest BCUT2D eigenvalue weighted by atomic mass is 19.1. The molecule has 1 fully saturated rings. The fourth-order valence-electron chi connectivity index (χ4n) is 6.73. The lowest BCUT2D eigenvalue weighted by atomic mass is 9.71. The number of imide groups is 1. The number of aromatic hydroxyl groups is 4. The van der Waals surface area contributed by atoms with Crippen molar-refractivity contribution in [2.45, 2.75) is 64.5 Å². The van der Waals surface area contributed by atoms with Crippen LogP contribution in [0, 0.1) is 23.4 Å². The van der Waals surface area contributed by atoms with Crippen molar-refractivity contribution in [2.24, 2.45) is 5.92 Å². The van der Waals surface area contributed by atoms with Crippen LogP contribution in [0.25, 0.3) is 0 Å². The molecule has 4 amide bonds. The number of carboxylic acid groups (broad SMARTS) is 1. The summed E-state index contributed by atoms with van der Waals surface area (Å²) in [4.78, 5) is 54.6. The highest BCUT2D eigenvalue weighted by molar-refractivity contribution is 6.48. The fraction of sp³-hybridized carbons (Fsp3) is 0.415. The summed E-state index contributed by atoms with van der Waals surface area (Å²) < 4.78 is 55.6. The molecule has 0 aromatic heterocycles. The highest BCUT2D eigenvalue weighted by Gasteiger charge is 2.41. The van der Waals surface area contributed by atoms with Crippen molar-refractivity contribution >= 4 is 31.4 Å². The van der Waals surface area contributed by atoms with Crippen LogP contribution in [0.5, 0.6) is 28.7 Å². The van der Waals surface area contributed by atoms with Crippen LogP contribution in [0.4, 0.5) is 18.0 Å². The van der Waals surface area contributed by atoms with Crippen LogP contribution >= 0.6 is 0 Å². The van der Waals surface area contributed by atoms with E-state index in [1.165, 1.54) is 31.7 Å². The molecule has 2 aliphatic heterocycles. The molecule has 5 rings (SSSR count). The summed E-state index contributed by atoms with van der Waals surface area (Å²) in [7, 11) is 1.68. The minimum atomic E-state index is -1.72. The Morgan fingerprint density at radius 2 is 1.64 bits per heavy atom. The van der Waals surface area contributed by atoms with Gasteiger partial charge in [0.15, 0.2) is 23.1 Å². The van der Waals surface area contributed by atoms with Crippen LogP contribution < -0.4 is 15.3 Å². The number of piperidine rings is 1. The topological polar surface area (TPSA) is 222 Å². The maximum absolute atomic E-state index is 15.5. The Morgan fingerprint density at radius 1 is 1.02 bits per heavy atom. The Hall–Kier alpha value is -6.15. The number of likely N-dealkylation sites (N-methyl/N-ethyl adjacent to an activating group) is 1. The van der Waals surface area contributed by atoms with Gasteiger partial charge in [0.2, 0.25) is 6.41 Å². The van der Waals surface area contributed by atoms with Crippen LogP contribution in [0.15, 0.2) is 48.7 Å². The zero-order valence-electron chi connectivity index (χ0n) is 34.5. The normalized spacial score (nSPS) is 15.5. The molecule has 7 N–H and O–H groups in total. The van der Waals surface area contributed by atoms with Crippen molar-refractivity contribution in [3.05, 3.63) is 88.4 Å². The van der Waals surface area contributed by atoms with E-state index < -0.39 is 71.2 Å². The first kappa shape index (κ1) is 47.5. The zero-order chi connectivity index (χ0) is 45.3. The molecule has 3 aromatic carbocycles. The Bertz CT molecular complexity index is 2080. The van der Waals surface area contributed by atoms with Gasteiger partial charge in [-0.05, 0) is 62.1 Å². The minimum absolute atomic E-state index is 0.0644. The molecule has 16 nitrogen and oxygen atoms in total. The first-order valence-corrected chi connectivity index (χ1v) is 19.5. The first-order chi connectivity index (χ1) is 28.8. The molecule has 2 unspecified atom stereocenters. The number of benzene rings is 3. The van der Waals surface area contributed by atoms with Gasteiger partial charge in [0.25, 0.3) is 5.91 Å². The van der Waals surface area contributed by atoms with Crippen molar-refractivity contribution in [1.82, 2.24) is 25.3 Å². The summed E-state index contributed by atoms with van der Waals surface area (Å²) in [5.41, 5.74) is -1.30. The lowest BCUT2D eigenvalue weighted by Crippen LogP contribution is -2.54. The average Bonchev–Trinajstić information content (AvgIpc) is 3.22. The predicted molar refractivity (Wildman–Crippen MR) is 217 cm³/mol. The monoisotopic (exact) mass is 857 g/mol. The van der Waals surface area contributed by atoms with Gasteiger partial charge in [-0.2, -0.15) is 0 Å². The van der Waals surface area contributed by atoms with Crippen LogP contribution in [-0.2, 0) is 15.9 Å². The van der Waals surface area contributed by atoms with E-state index in [1.54, 1.807) is 11.9 Å². The molecule has 20 heteroatoms. The second kappa shape index (κ2) is 20.9. The predicted octanol–water partition coefficient (Wildman–Crippen LogP) is 4.90. The lowest BCUT2D eigenvalue weighted by molar-refractivity contribution is -0.115. The number of carbonyl (C=O) groups is 4. The molecule has 0 saturated carbocycles. The van der Waals surface area contributed by atoms with E-state index in [2.05, 4.69) is 38.0 Å². The van der Waals surface area contributed by atoms with Crippen molar-refractivity contribution in [2.75, 3.05) is 40.3 Å². The molecule has 0 bridgehead atoms. The Labute approximate surface area is 351 Å². The molecule has 3 aromatic rings. The molecule has 0 radical (unpaired) electrons.